The first-order valence-electron chi connectivity index (χ1n) is 6.04. The third-order valence-electron chi connectivity index (χ3n) is 2.53. The molecule has 3 nitrogen and oxygen atoms in total. The number of hydrogen-bond acceptors (Lipinski definition) is 2. The van der Waals surface area contributed by atoms with E-state index in [0.29, 0.717) is 0 Å². The maximum absolute atomic E-state index is 11.8. The number of hydrogen-bond donors (Lipinski definition) is 2. The van der Waals surface area contributed by atoms with Gasteiger partial charge in [0.25, 0.3) is 0 Å². The van der Waals surface area contributed by atoms with Gasteiger partial charge in [0.05, 0.1) is 0 Å². The second kappa shape index (κ2) is 7.79. The number of nitrogens with one attached hydrogen (secondary N) is 2. The molecule has 2 N–H and O–H groups in total. The number of benzene rings is 1. The summed E-state index contributed by atoms with van der Waals surface area (Å²) in [6, 6.07) is 5.57. The first-order valence-corrected chi connectivity index (χ1v) is 7.62. The topological polar surface area (TPSA) is 41.1 Å². The predicted octanol–water partition coefficient (Wildman–Crippen LogP) is 3.93. The van der Waals surface area contributed by atoms with Gasteiger partial charge in [-0.3, -0.25) is 4.79 Å². The van der Waals surface area contributed by atoms with Crippen LogP contribution in [-0.4, -0.2) is 18.5 Å². The highest BCUT2D eigenvalue weighted by atomic mass is 79.9. The Kier molecular flexibility index (Phi) is 6.71. The van der Waals surface area contributed by atoms with Gasteiger partial charge in [-0.25, -0.2) is 0 Å². The Morgan fingerprint density at radius 3 is 2.72 bits per heavy atom. The molecule has 0 aliphatic rings. The van der Waals surface area contributed by atoms with Crippen molar-refractivity contribution in [3.63, 3.8) is 0 Å². The van der Waals surface area contributed by atoms with Crippen molar-refractivity contribution in [2.24, 2.45) is 0 Å². The van der Waals surface area contributed by atoms with E-state index < -0.39 is 0 Å². The summed E-state index contributed by atoms with van der Waals surface area (Å²) < 4.78 is 1.94. The minimum Gasteiger partial charge on any atom is -0.373 e. The largest absolute Gasteiger partial charge is 0.373 e. The second-order valence-corrected chi connectivity index (χ2v) is 5.90. The molecule has 0 saturated carbocycles. The summed E-state index contributed by atoms with van der Waals surface area (Å²) >= 11 is 6.86. The first kappa shape index (κ1) is 15.5. The van der Waals surface area contributed by atoms with Gasteiger partial charge in [0.1, 0.15) is 6.04 Å². The number of carbonyl (C=O) groups excluding carboxylic acids is 1. The van der Waals surface area contributed by atoms with E-state index >= 15 is 0 Å². The van der Waals surface area contributed by atoms with Crippen molar-refractivity contribution < 1.29 is 4.79 Å². The Morgan fingerprint density at radius 1 is 1.39 bits per heavy atom. The van der Waals surface area contributed by atoms with Gasteiger partial charge in [-0.15, -0.1) is 0 Å². The molecule has 1 atom stereocenters. The van der Waals surface area contributed by atoms with E-state index in [-0.39, 0.29) is 11.9 Å². The normalized spacial score (nSPS) is 12.0. The average Bonchev–Trinajstić information content (AvgIpc) is 2.32. The summed E-state index contributed by atoms with van der Waals surface area (Å²) in [6.45, 7) is 4.70. The van der Waals surface area contributed by atoms with Crippen LogP contribution in [0.5, 0.6) is 0 Å². The standard InChI is InChI=1S/C13H18Br2N2O/c1-3-4-7-16-13(18)9(2)17-12-6-5-10(14)8-11(12)15/h5-6,8-9,17H,3-4,7H2,1-2H3,(H,16,18). The van der Waals surface area contributed by atoms with Gasteiger partial charge in [-0.2, -0.15) is 0 Å². The monoisotopic (exact) mass is 376 g/mol. The van der Waals surface area contributed by atoms with Gasteiger partial charge in [-0.05, 0) is 47.5 Å². The molecule has 0 aliphatic carbocycles. The Balaban J connectivity index is 2.53. The van der Waals surface area contributed by atoms with Gasteiger partial charge in [0.2, 0.25) is 5.91 Å². The van der Waals surface area contributed by atoms with Crippen LogP contribution >= 0.6 is 31.9 Å². The minimum absolute atomic E-state index is 0.0262. The van der Waals surface area contributed by atoms with E-state index in [1.54, 1.807) is 0 Å². The Bertz CT molecular complexity index is 410. The van der Waals surface area contributed by atoms with Gasteiger partial charge < -0.3 is 10.6 Å². The van der Waals surface area contributed by atoms with Gasteiger partial charge in [-0.1, -0.05) is 29.3 Å². The van der Waals surface area contributed by atoms with Crippen LogP contribution < -0.4 is 10.6 Å². The molecule has 0 bridgehead atoms. The van der Waals surface area contributed by atoms with E-state index in [1.807, 2.05) is 25.1 Å². The zero-order valence-corrected chi connectivity index (χ0v) is 13.8. The second-order valence-electron chi connectivity index (χ2n) is 4.13. The highest BCUT2D eigenvalue weighted by molar-refractivity contribution is 9.11. The Morgan fingerprint density at radius 2 is 2.11 bits per heavy atom. The quantitative estimate of drug-likeness (QED) is 0.737. The maximum Gasteiger partial charge on any atom is 0.242 e. The molecule has 0 spiro atoms. The third kappa shape index (κ3) is 4.98. The lowest BCUT2D eigenvalue weighted by atomic mass is 10.2. The van der Waals surface area contributed by atoms with Crippen LogP contribution in [-0.2, 0) is 4.79 Å². The fraction of sp³-hybridized carbons (Fsp3) is 0.462. The van der Waals surface area contributed by atoms with E-state index in [4.69, 9.17) is 0 Å². The molecule has 1 aromatic rings. The highest BCUT2D eigenvalue weighted by Crippen LogP contribution is 2.26. The first-order chi connectivity index (χ1) is 8.54. The molecule has 100 valence electrons. The molecular weight excluding hydrogens is 360 g/mol. The van der Waals surface area contributed by atoms with Crippen molar-refractivity contribution in [2.75, 3.05) is 11.9 Å². The van der Waals surface area contributed by atoms with Crippen molar-refractivity contribution in [1.29, 1.82) is 0 Å². The summed E-state index contributed by atoms with van der Waals surface area (Å²) in [5.74, 6) is 0.0262. The number of unbranched alkanes of at least 4 members (excludes halogenated alkanes) is 1. The molecule has 1 amide bonds. The SMILES string of the molecule is CCCCNC(=O)C(C)Nc1ccc(Br)cc1Br. The van der Waals surface area contributed by atoms with Gasteiger partial charge in [0, 0.05) is 21.2 Å². The van der Waals surface area contributed by atoms with Crippen LogP contribution in [0.4, 0.5) is 5.69 Å². The fourth-order valence-corrected chi connectivity index (χ4v) is 2.61. The molecule has 1 unspecified atom stereocenters. The third-order valence-corrected chi connectivity index (χ3v) is 3.68. The minimum atomic E-state index is -0.251. The van der Waals surface area contributed by atoms with E-state index in [2.05, 4.69) is 49.4 Å². The molecule has 0 aromatic heterocycles. The number of anilines is 1. The molecule has 5 heteroatoms. The zero-order chi connectivity index (χ0) is 13.5. The summed E-state index contributed by atoms with van der Waals surface area (Å²) in [5, 5.41) is 6.09. The molecule has 0 fully saturated rings. The fourth-order valence-electron chi connectivity index (χ4n) is 1.45. The molecular formula is C13H18Br2N2O. The average molecular weight is 378 g/mol. The molecule has 1 aromatic carbocycles. The van der Waals surface area contributed by atoms with Crippen LogP contribution in [0.2, 0.25) is 0 Å². The molecule has 0 saturated heterocycles. The number of carbonyl (C=O) groups is 1. The van der Waals surface area contributed by atoms with E-state index in [1.165, 1.54) is 0 Å². The van der Waals surface area contributed by atoms with Crippen LogP contribution in [0.3, 0.4) is 0 Å². The lowest BCUT2D eigenvalue weighted by molar-refractivity contribution is -0.121. The van der Waals surface area contributed by atoms with Gasteiger partial charge in [0.15, 0.2) is 0 Å². The summed E-state index contributed by atoms with van der Waals surface area (Å²) in [6.07, 6.45) is 2.10. The van der Waals surface area contributed by atoms with Crippen LogP contribution in [0.25, 0.3) is 0 Å². The van der Waals surface area contributed by atoms with E-state index in [0.717, 1.165) is 34.0 Å². The number of rotatable bonds is 6. The molecule has 1 rings (SSSR count). The van der Waals surface area contributed by atoms with Crippen LogP contribution in [0.15, 0.2) is 27.1 Å². The number of amides is 1. The lowest BCUT2D eigenvalue weighted by Gasteiger charge is -2.16. The zero-order valence-electron chi connectivity index (χ0n) is 10.6. The van der Waals surface area contributed by atoms with Crippen LogP contribution in [0, 0.1) is 0 Å². The van der Waals surface area contributed by atoms with Crippen molar-refractivity contribution in [1.82, 2.24) is 5.32 Å². The lowest BCUT2D eigenvalue weighted by Crippen LogP contribution is -2.38. The van der Waals surface area contributed by atoms with Crippen molar-refractivity contribution >= 4 is 43.5 Å². The summed E-state index contributed by atoms with van der Waals surface area (Å²) in [5.41, 5.74) is 0.913. The predicted molar refractivity (Wildman–Crippen MR) is 82.8 cm³/mol. The summed E-state index contributed by atoms with van der Waals surface area (Å²) in [4.78, 5) is 11.8. The summed E-state index contributed by atoms with van der Waals surface area (Å²) in [7, 11) is 0. The molecule has 0 radical (unpaired) electrons. The smallest absolute Gasteiger partial charge is 0.242 e. The Labute approximate surface area is 125 Å². The van der Waals surface area contributed by atoms with Crippen LogP contribution in [0.1, 0.15) is 26.7 Å². The van der Waals surface area contributed by atoms with Gasteiger partial charge >= 0.3 is 0 Å². The van der Waals surface area contributed by atoms with Crippen molar-refractivity contribution in [3.8, 4) is 0 Å². The molecule has 0 heterocycles. The Hall–Kier alpha value is -0.550. The number of halogens is 2. The molecule has 0 aliphatic heterocycles. The maximum atomic E-state index is 11.8. The van der Waals surface area contributed by atoms with Crippen molar-refractivity contribution in [2.45, 2.75) is 32.7 Å². The highest BCUT2D eigenvalue weighted by Gasteiger charge is 2.13. The van der Waals surface area contributed by atoms with Crippen molar-refractivity contribution in [3.05, 3.63) is 27.1 Å². The molecule has 18 heavy (non-hydrogen) atoms. The van der Waals surface area contributed by atoms with E-state index in [9.17, 15) is 4.79 Å².